The van der Waals surface area contributed by atoms with Gasteiger partial charge in [-0.15, -0.1) is 0 Å². The maximum Gasteiger partial charge on any atom is 0.410 e. The van der Waals surface area contributed by atoms with Crippen molar-refractivity contribution in [2.24, 2.45) is 0 Å². The van der Waals surface area contributed by atoms with E-state index in [1.807, 2.05) is 38.9 Å². The molecular weight excluding hydrogens is 469 g/mol. The zero-order valence-electron chi connectivity index (χ0n) is 19.3. The number of aromatic nitrogens is 3. The summed E-state index contributed by atoms with van der Waals surface area (Å²) in [6.07, 6.45) is 3.70. The Bertz CT molecular complexity index is 1130. The zero-order valence-corrected chi connectivity index (χ0v) is 20.8. The lowest BCUT2D eigenvalue weighted by Crippen LogP contribution is -2.63. The number of rotatable bonds is 1. The van der Waals surface area contributed by atoms with Gasteiger partial charge in [0.15, 0.2) is 16.1 Å². The first-order chi connectivity index (χ1) is 15.6. The molecule has 2 aromatic heterocycles. The third-order valence-electron chi connectivity index (χ3n) is 6.42. The molecule has 1 unspecified atom stereocenters. The topological polar surface area (TPSA) is 80.7 Å². The van der Waals surface area contributed by atoms with E-state index in [2.05, 4.69) is 14.9 Å². The lowest BCUT2D eigenvalue weighted by molar-refractivity contribution is 0.00508. The van der Waals surface area contributed by atoms with Crippen LogP contribution >= 0.6 is 23.4 Å². The fourth-order valence-electron chi connectivity index (χ4n) is 5.21. The number of pyridine rings is 1. The normalized spacial score (nSPS) is 26.5. The van der Waals surface area contributed by atoms with Crippen LogP contribution in [0.4, 0.5) is 15.0 Å². The first kappa shape index (κ1) is 22.7. The van der Waals surface area contributed by atoms with Gasteiger partial charge in [-0.2, -0.15) is 4.98 Å². The van der Waals surface area contributed by atoms with E-state index in [1.54, 1.807) is 0 Å². The number of hydrogen-bond acceptors (Lipinski definition) is 8. The molecule has 0 radical (unpaired) electrons. The molecule has 0 aromatic carbocycles. The van der Waals surface area contributed by atoms with E-state index < -0.39 is 11.4 Å². The number of hydrogen-bond donors (Lipinski definition) is 0. The van der Waals surface area contributed by atoms with Crippen LogP contribution in [0.1, 0.15) is 47.0 Å². The summed E-state index contributed by atoms with van der Waals surface area (Å²) in [6.45, 7) is 8.14. The molecule has 3 aliphatic rings. The molecule has 2 fully saturated rings. The van der Waals surface area contributed by atoms with E-state index in [-0.39, 0.29) is 46.9 Å². The summed E-state index contributed by atoms with van der Waals surface area (Å²) in [5.74, 6) is 0.144. The fraction of sp³-hybridized carbons (Fsp3) is 0.636. The molecule has 1 amide bonds. The van der Waals surface area contributed by atoms with Crippen LogP contribution in [-0.4, -0.2) is 68.6 Å². The van der Waals surface area contributed by atoms with Gasteiger partial charge in [-0.05, 0) is 46.8 Å². The second-order valence-electron chi connectivity index (χ2n) is 9.85. The molecule has 0 aliphatic carbocycles. The van der Waals surface area contributed by atoms with Gasteiger partial charge in [0.05, 0.1) is 24.2 Å². The Morgan fingerprint density at radius 1 is 1.24 bits per heavy atom. The highest BCUT2D eigenvalue weighted by atomic mass is 35.5. The zero-order chi connectivity index (χ0) is 23.7. The van der Waals surface area contributed by atoms with Crippen LogP contribution in [0.15, 0.2) is 5.16 Å². The summed E-state index contributed by atoms with van der Waals surface area (Å²) in [5.41, 5.74) is -0.465. The lowest BCUT2D eigenvalue weighted by Gasteiger charge is -2.48. The number of halogens is 2. The first-order valence-electron chi connectivity index (χ1n) is 11.1. The van der Waals surface area contributed by atoms with Gasteiger partial charge in [0.2, 0.25) is 5.88 Å². The monoisotopic (exact) mass is 495 g/mol. The van der Waals surface area contributed by atoms with E-state index in [9.17, 15) is 4.79 Å². The Morgan fingerprint density at radius 3 is 2.70 bits per heavy atom. The highest BCUT2D eigenvalue weighted by Crippen LogP contribution is 2.45. The number of anilines is 1. The summed E-state index contributed by atoms with van der Waals surface area (Å²) in [4.78, 5) is 30.6. The van der Waals surface area contributed by atoms with Gasteiger partial charge in [0.25, 0.3) is 0 Å². The van der Waals surface area contributed by atoms with Crippen molar-refractivity contribution in [2.75, 3.05) is 17.7 Å². The second kappa shape index (κ2) is 8.01. The predicted molar refractivity (Wildman–Crippen MR) is 125 cm³/mol. The largest absolute Gasteiger partial charge is 0.474 e. The molecule has 5 heterocycles. The molecular formula is C22H27ClFN5O3S. The number of amides is 1. The van der Waals surface area contributed by atoms with Crippen LogP contribution < -0.4 is 9.64 Å². The van der Waals surface area contributed by atoms with Crippen LogP contribution in [0.25, 0.3) is 10.9 Å². The number of piperazine rings is 1. The molecule has 5 rings (SSSR count). The van der Waals surface area contributed by atoms with Gasteiger partial charge in [-0.25, -0.2) is 19.2 Å². The van der Waals surface area contributed by atoms with E-state index in [1.165, 1.54) is 11.8 Å². The highest BCUT2D eigenvalue weighted by molar-refractivity contribution is 7.98. The van der Waals surface area contributed by atoms with Crippen molar-refractivity contribution in [1.29, 1.82) is 0 Å². The second-order valence-corrected chi connectivity index (χ2v) is 11.0. The Labute approximate surface area is 201 Å². The van der Waals surface area contributed by atoms with Crippen LogP contribution in [0.5, 0.6) is 5.88 Å². The maximum atomic E-state index is 15.0. The smallest absolute Gasteiger partial charge is 0.410 e. The van der Waals surface area contributed by atoms with E-state index in [0.29, 0.717) is 29.3 Å². The molecule has 33 heavy (non-hydrogen) atoms. The van der Waals surface area contributed by atoms with Crippen molar-refractivity contribution < 1.29 is 18.7 Å². The quantitative estimate of drug-likeness (QED) is 0.321. The van der Waals surface area contributed by atoms with Crippen LogP contribution in [0.3, 0.4) is 0 Å². The average molecular weight is 496 g/mol. The summed E-state index contributed by atoms with van der Waals surface area (Å²) in [6, 6.07) is -0.141. The van der Waals surface area contributed by atoms with Gasteiger partial charge in [-0.3, -0.25) is 4.90 Å². The standard InChI is InChI=1S/C22H27ClFN5O3S/c1-10-8-13-12-7-6-11(29(12)21(30)32-22(2,3)4)9-28(13)18-14-16(25-20(27-18)33-5)15(24)17(23)26-19(14)31-10/h10-13H,6-9H2,1-5H3/t10?,11-,12+,13-/m1/s1. The molecule has 0 N–H and O–H groups in total. The number of ether oxygens (including phenoxy) is 2. The van der Waals surface area contributed by atoms with Gasteiger partial charge < -0.3 is 14.4 Å². The van der Waals surface area contributed by atoms with Crippen molar-refractivity contribution in [1.82, 2.24) is 19.9 Å². The summed E-state index contributed by atoms with van der Waals surface area (Å²) in [7, 11) is 0. The van der Waals surface area contributed by atoms with Gasteiger partial charge in [0.1, 0.15) is 22.3 Å². The van der Waals surface area contributed by atoms with Gasteiger partial charge in [0, 0.05) is 13.0 Å². The predicted octanol–water partition coefficient (Wildman–Crippen LogP) is 4.67. The highest BCUT2D eigenvalue weighted by Gasteiger charge is 2.51. The molecule has 11 heteroatoms. The van der Waals surface area contributed by atoms with Crippen LogP contribution in [0.2, 0.25) is 5.15 Å². The number of thioether (sulfide) groups is 1. The van der Waals surface area contributed by atoms with Gasteiger partial charge in [-0.1, -0.05) is 23.4 Å². The van der Waals surface area contributed by atoms with Crippen molar-refractivity contribution in [3.05, 3.63) is 11.0 Å². The Kier molecular flexibility index (Phi) is 5.51. The van der Waals surface area contributed by atoms with E-state index in [4.69, 9.17) is 26.1 Å². The van der Waals surface area contributed by atoms with E-state index in [0.717, 1.165) is 12.8 Å². The average Bonchev–Trinajstić information content (AvgIpc) is 3.07. The minimum atomic E-state index is -0.682. The number of carbonyl (C=O) groups is 1. The molecule has 2 saturated heterocycles. The molecule has 0 spiro atoms. The maximum absolute atomic E-state index is 15.0. The molecule has 8 nitrogen and oxygen atoms in total. The third-order valence-corrected chi connectivity index (χ3v) is 7.21. The van der Waals surface area contributed by atoms with Crippen LogP contribution in [-0.2, 0) is 4.74 Å². The number of carbonyl (C=O) groups excluding carboxylic acids is 1. The minimum Gasteiger partial charge on any atom is -0.474 e. The summed E-state index contributed by atoms with van der Waals surface area (Å²) in [5, 5.41) is 0.601. The van der Waals surface area contributed by atoms with Crippen molar-refractivity contribution >= 4 is 46.2 Å². The molecule has 2 aromatic rings. The number of fused-ring (bicyclic) bond motifs is 5. The molecule has 4 atom stereocenters. The Hall–Kier alpha value is -2.07. The van der Waals surface area contributed by atoms with Crippen LogP contribution in [0, 0.1) is 5.82 Å². The van der Waals surface area contributed by atoms with Crippen molar-refractivity contribution in [3.8, 4) is 5.88 Å². The fourth-order valence-corrected chi connectivity index (χ4v) is 5.73. The molecule has 0 saturated carbocycles. The number of nitrogens with zero attached hydrogens (tertiary/aromatic N) is 5. The minimum absolute atomic E-state index is 0.0203. The van der Waals surface area contributed by atoms with Gasteiger partial charge >= 0.3 is 6.09 Å². The third kappa shape index (κ3) is 3.84. The molecule has 2 bridgehead atoms. The lowest BCUT2D eigenvalue weighted by atomic mass is 9.96. The van der Waals surface area contributed by atoms with E-state index >= 15 is 4.39 Å². The summed E-state index contributed by atoms with van der Waals surface area (Å²) < 4.78 is 26.9. The van der Waals surface area contributed by atoms with Crippen molar-refractivity contribution in [3.63, 3.8) is 0 Å². The molecule has 3 aliphatic heterocycles. The Morgan fingerprint density at radius 2 is 2.00 bits per heavy atom. The SMILES string of the molecule is CSc1nc2c3c(nc(Cl)c(F)c3n1)OC(C)C[C@@H]1[C@@H]3CC[C@H](CN21)N3C(=O)OC(C)(C)C. The van der Waals surface area contributed by atoms with Crippen molar-refractivity contribution in [2.45, 2.75) is 81.9 Å². The summed E-state index contributed by atoms with van der Waals surface area (Å²) >= 11 is 7.41. The molecule has 178 valence electrons. The Balaban J connectivity index is 1.65. The first-order valence-corrected chi connectivity index (χ1v) is 12.7.